The van der Waals surface area contributed by atoms with Gasteiger partial charge < -0.3 is 10.1 Å². The summed E-state index contributed by atoms with van der Waals surface area (Å²) in [6.45, 7) is 0. The van der Waals surface area contributed by atoms with Crippen LogP contribution in [0.5, 0.6) is 5.75 Å². The first kappa shape index (κ1) is 15.4. The zero-order valence-corrected chi connectivity index (χ0v) is 11.7. The lowest BCUT2D eigenvalue weighted by molar-refractivity contribution is -0.137. The Morgan fingerprint density at radius 2 is 1.38 bits per heavy atom. The van der Waals surface area contributed by atoms with Gasteiger partial charge in [0.15, 0.2) is 0 Å². The van der Waals surface area contributed by atoms with Gasteiger partial charge in [-0.1, -0.05) is 24.3 Å². The Morgan fingerprint density at radius 1 is 0.905 bits per heavy atom. The number of rotatable bonds is 4. The number of ether oxygens (including phenoxy) is 1. The van der Waals surface area contributed by atoms with Crippen molar-refractivity contribution in [2.24, 2.45) is 0 Å². The van der Waals surface area contributed by atoms with Crippen molar-refractivity contribution in [3.05, 3.63) is 65.2 Å². The third-order valence-electron chi connectivity index (χ3n) is 3.31. The Labute approximate surface area is 121 Å². The van der Waals surface area contributed by atoms with E-state index in [9.17, 15) is 13.2 Å². The van der Waals surface area contributed by atoms with Gasteiger partial charge in [-0.2, -0.15) is 13.2 Å². The zero-order valence-electron chi connectivity index (χ0n) is 11.7. The smallest absolute Gasteiger partial charge is 0.416 e. The van der Waals surface area contributed by atoms with Gasteiger partial charge in [-0.3, -0.25) is 0 Å². The highest BCUT2D eigenvalue weighted by Crippen LogP contribution is 2.31. The standard InChI is InChI=1S/C16H16F3NO/c1-20-15(12-5-9-14(21-2)10-6-12)11-3-7-13(8-4-11)16(17,18)19/h3-10,15,20H,1-2H3. The fourth-order valence-electron chi connectivity index (χ4n) is 2.19. The third-order valence-corrected chi connectivity index (χ3v) is 3.31. The molecule has 2 rings (SSSR count). The molecule has 2 nitrogen and oxygen atoms in total. The number of halogens is 3. The summed E-state index contributed by atoms with van der Waals surface area (Å²) in [5.74, 6) is 0.737. The molecule has 21 heavy (non-hydrogen) atoms. The minimum atomic E-state index is -4.31. The molecule has 0 saturated heterocycles. The van der Waals surface area contributed by atoms with E-state index in [1.54, 1.807) is 14.2 Å². The summed E-state index contributed by atoms with van der Waals surface area (Å²) in [5, 5.41) is 3.11. The van der Waals surface area contributed by atoms with Crippen LogP contribution in [0.15, 0.2) is 48.5 Å². The molecule has 0 heterocycles. The van der Waals surface area contributed by atoms with Crippen molar-refractivity contribution in [2.75, 3.05) is 14.2 Å². The first-order valence-electron chi connectivity index (χ1n) is 6.44. The molecular weight excluding hydrogens is 279 g/mol. The summed E-state index contributed by atoms with van der Waals surface area (Å²) in [6, 6.07) is 12.4. The summed E-state index contributed by atoms with van der Waals surface area (Å²) in [4.78, 5) is 0. The van der Waals surface area contributed by atoms with Gasteiger partial charge in [0.05, 0.1) is 18.7 Å². The Morgan fingerprint density at radius 3 is 1.76 bits per heavy atom. The fourth-order valence-corrected chi connectivity index (χ4v) is 2.19. The predicted molar refractivity (Wildman–Crippen MR) is 75.3 cm³/mol. The second kappa shape index (κ2) is 6.18. The van der Waals surface area contributed by atoms with Gasteiger partial charge in [-0.25, -0.2) is 0 Å². The lowest BCUT2D eigenvalue weighted by atomic mass is 9.97. The van der Waals surface area contributed by atoms with Crippen molar-refractivity contribution in [1.82, 2.24) is 5.32 Å². The molecular formula is C16H16F3NO. The van der Waals surface area contributed by atoms with E-state index in [0.29, 0.717) is 0 Å². The number of hydrogen-bond donors (Lipinski definition) is 1. The second-order valence-electron chi connectivity index (χ2n) is 4.61. The molecule has 2 aromatic rings. The summed E-state index contributed by atoms with van der Waals surface area (Å²) < 4.78 is 42.8. The monoisotopic (exact) mass is 295 g/mol. The van der Waals surface area contributed by atoms with Crippen molar-refractivity contribution in [1.29, 1.82) is 0 Å². The van der Waals surface area contributed by atoms with E-state index in [1.165, 1.54) is 12.1 Å². The SMILES string of the molecule is CNC(c1ccc(OC)cc1)c1ccc(C(F)(F)F)cc1. The van der Waals surface area contributed by atoms with Crippen LogP contribution in [-0.4, -0.2) is 14.2 Å². The highest BCUT2D eigenvalue weighted by atomic mass is 19.4. The highest BCUT2D eigenvalue weighted by molar-refractivity contribution is 5.36. The predicted octanol–water partition coefficient (Wildman–Crippen LogP) is 4.02. The van der Waals surface area contributed by atoms with Crippen LogP contribution in [-0.2, 0) is 6.18 Å². The van der Waals surface area contributed by atoms with E-state index in [0.717, 1.165) is 29.0 Å². The van der Waals surface area contributed by atoms with Gasteiger partial charge in [0, 0.05) is 0 Å². The highest BCUT2D eigenvalue weighted by Gasteiger charge is 2.30. The Bertz CT molecular complexity index is 576. The van der Waals surface area contributed by atoms with Crippen molar-refractivity contribution < 1.29 is 17.9 Å². The van der Waals surface area contributed by atoms with Crippen LogP contribution in [0.25, 0.3) is 0 Å². The fraction of sp³-hybridized carbons (Fsp3) is 0.250. The lowest BCUT2D eigenvalue weighted by Crippen LogP contribution is -2.18. The summed E-state index contributed by atoms with van der Waals surface area (Å²) in [6.07, 6.45) is -4.31. The molecule has 0 amide bonds. The molecule has 1 atom stereocenters. The normalized spacial score (nSPS) is 13.0. The van der Waals surface area contributed by atoms with Crippen LogP contribution in [0.1, 0.15) is 22.7 Å². The summed E-state index contributed by atoms with van der Waals surface area (Å²) in [5.41, 5.74) is 1.09. The number of methoxy groups -OCH3 is 1. The summed E-state index contributed by atoms with van der Waals surface area (Å²) in [7, 11) is 3.35. The van der Waals surface area contributed by atoms with Crippen LogP contribution >= 0.6 is 0 Å². The maximum atomic E-state index is 12.6. The van der Waals surface area contributed by atoms with Crippen molar-refractivity contribution in [2.45, 2.75) is 12.2 Å². The summed E-state index contributed by atoms with van der Waals surface area (Å²) >= 11 is 0. The van der Waals surface area contributed by atoms with Gasteiger partial charge in [-0.15, -0.1) is 0 Å². The molecule has 112 valence electrons. The topological polar surface area (TPSA) is 21.3 Å². The van der Waals surface area contributed by atoms with Crippen LogP contribution in [0.4, 0.5) is 13.2 Å². The maximum absolute atomic E-state index is 12.6. The first-order chi connectivity index (χ1) is 9.95. The Kier molecular flexibility index (Phi) is 4.53. The molecule has 5 heteroatoms. The van der Waals surface area contributed by atoms with Crippen LogP contribution < -0.4 is 10.1 Å². The molecule has 1 unspecified atom stereocenters. The molecule has 0 aromatic heterocycles. The second-order valence-corrected chi connectivity index (χ2v) is 4.61. The largest absolute Gasteiger partial charge is 0.497 e. The van der Waals surface area contributed by atoms with Crippen LogP contribution in [0, 0.1) is 0 Å². The number of benzene rings is 2. The van der Waals surface area contributed by atoms with Crippen molar-refractivity contribution >= 4 is 0 Å². The molecule has 0 aliphatic carbocycles. The quantitative estimate of drug-likeness (QED) is 0.919. The van der Waals surface area contributed by atoms with Gasteiger partial charge in [0.25, 0.3) is 0 Å². The third kappa shape index (κ3) is 3.55. The Hall–Kier alpha value is -2.01. The molecule has 0 saturated carbocycles. The minimum Gasteiger partial charge on any atom is -0.497 e. The van der Waals surface area contributed by atoms with Crippen LogP contribution in [0.3, 0.4) is 0 Å². The lowest BCUT2D eigenvalue weighted by Gasteiger charge is -2.18. The maximum Gasteiger partial charge on any atom is 0.416 e. The molecule has 0 aliphatic heterocycles. The molecule has 0 fully saturated rings. The average Bonchev–Trinajstić information content (AvgIpc) is 2.48. The van der Waals surface area contributed by atoms with E-state index >= 15 is 0 Å². The molecule has 0 radical (unpaired) electrons. The van der Waals surface area contributed by atoms with Crippen molar-refractivity contribution in [3.63, 3.8) is 0 Å². The van der Waals surface area contributed by atoms with E-state index in [4.69, 9.17) is 4.74 Å². The molecule has 0 bridgehead atoms. The number of alkyl halides is 3. The van der Waals surface area contributed by atoms with Gasteiger partial charge in [0.2, 0.25) is 0 Å². The molecule has 2 aromatic carbocycles. The van der Waals surface area contributed by atoms with E-state index in [1.807, 2.05) is 24.3 Å². The molecule has 1 N–H and O–H groups in total. The van der Waals surface area contributed by atoms with Gasteiger partial charge in [-0.05, 0) is 42.4 Å². The number of hydrogen-bond acceptors (Lipinski definition) is 2. The van der Waals surface area contributed by atoms with E-state index < -0.39 is 11.7 Å². The van der Waals surface area contributed by atoms with Crippen molar-refractivity contribution in [3.8, 4) is 5.75 Å². The van der Waals surface area contributed by atoms with E-state index in [2.05, 4.69) is 5.32 Å². The average molecular weight is 295 g/mol. The van der Waals surface area contributed by atoms with Crippen LogP contribution in [0.2, 0.25) is 0 Å². The number of nitrogens with one attached hydrogen (secondary N) is 1. The minimum absolute atomic E-state index is 0.168. The van der Waals surface area contributed by atoms with Gasteiger partial charge >= 0.3 is 6.18 Å². The van der Waals surface area contributed by atoms with Gasteiger partial charge in [0.1, 0.15) is 5.75 Å². The molecule has 0 spiro atoms. The van der Waals surface area contributed by atoms with E-state index in [-0.39, 0.29) is 6.04 Å². The molecule has 0 aliphatic rings. The zero-order chi connectivity index (χ0) is 15.5. The first-order valence-corrected chi connectivity index (χ1v) is 6.44. The Balaban J connectivity index is 2.28.